The Kier molecular flexibility index (Phi) is 5.05. The molecule has 0 bridgehead atoms. The van der Waals surface area contributed by atoms with Crippen molar-refractivity contribution >= 4 is 0 Å². The fourth-order valence-corrected chi connectivity index (χ4v) is 2.26. The van der Waals surface area contributed by atoms with Gasteiger partial charge >= 0.3 is 0 Å². The molecule has 0 amide bonds. The molecular weight excluding hydrogens is 290 g/mol. The number of hydrogen-bond acceptors (Lipinski definition) is 3. The summed E-state index contributed by atoms with van der Waals surface area (Å²) in [6.45, 7) is 2.38. The zero-order chi connectivity index (χ0) is 15.6. The molecular formula is C14H17F4NO2. The van der Waals surface area contributed by atoms with Gasteiger partial charge in [-0.05, 0) is 13.5 Å². The van der Waals surface area contributed by atoms with Gasteiger partial charge in [0.1, 0.15) is 12.2 Å². The van der Waals surface area contributed by atoms with Gasteiger partial charge in [-0.25, -0.2) is 8.78 Å². The van der Waals surface area contributed by atoms with Crippen molar-refractivity contribution in [2.45, 2.75) is 38.0 Å². The van der Waals surface area contributed by atoms with Crippen molar-refractivity contribution in [3.05, 3.63) is 29.3 Å². The van der Waals surface area contributed by atoms with Crippen LogP contribution in [0.1, 0.15) is 19.8 Å². The highest BCUT2D eigenvalue weighted by Crippen LogP contribution is 2.33. The number of ether oxygens (including phenoxy) is 2. The van der Waals surface area contributed by atoms with Crippen LogP contribution in [0.3, 0.4) is 0 Å². The summed E-state index contributed by atoms with van der Waals surface area (Å²) in [6.07, 6.45) is 0.137. The lowest BCUT2D eigenvalue weighted by Gasteiger charge is -2.43. The van der Waals surface area contributed by atoms with E-state index in [1.807, 2.05) is 6.92 Å². The van der Waals surface area contributed by atoms with Crippen molar-refractivity contribution in [1.82, 2.24) is 5.32 Å². The zero-order valence-corrected chi connectivity index (χ0v) is 11.8. The Morgan fingerprint density at radius 3 is 2.33 bits per heavy atom. The lowest BCUT2D eigenvalue weighted by atomic mass is 9.85. The molecule has 3 atom stereocenters. The predicted molar refractivity (Wildman–Crippen MR) is 68.2 cm³/mol. The van der Waals surface area contributed by atoms with Crippen LogP contribution in [0.25, 0.3) is 0 Å². The number of benzene rings is 1. The molecule has 3 unspecified atom stereocenters. The molecule has 1 fully saturated rings. The third-order valence-corrected chi connectivity index (χ3v) is 3.48. The Bertz CT molecular complexity index is 486. The molecule has 0 aromatic heterocycles. The summed E-state index contributed by atoms with van der Waals surface area (Å²) in [6, 6.07) is 0.130. The van der Waals surface area contributed by atoms with Crippen molar-refractivity contribution in [2.24, 2.45) is 0 Å². The first-order valence-electron chi connectivity index (χ1n) is 6.78. The molecule has 0 aliphatic heterocycles. The average molecular weight is 307 g/mol. The fourth-order valence-electron chi connectivity index (χ4n) is 2.26. The molecule has 1 aromatic carbocycles. The molecule has 1 aliphatic rings. The third-order valence-electron chi connectivity index (χ3n) is 3.48. The highest BCUT2D eigenvalue weighted by molar-refractivity contribution is 5.29. The maximum Gasteiger partial charge on any atom is 0.203 e. The zero-order valence-electron chi connectivity index (χ0n) is 11.8. The molecule has 118 valence electrons. The van der Waals surface area contributed by atoms with Crippen LogP contribution in [0, 0.1) is 23.3 Å². The number of rotatable bonds is 6. The number of nitrogens with one attached hydrogen (secondary N) is 1. The van der Waals surface area contributed by atoms with Crippen LogP contribution in [0.4, 0.5) is 17.6 Å². The Hall–Kier alpha value is -1.34. The normalized spacial score (nSPS) is 24.8. The van der Waals surface area contributed by atoms with Crippen molar-refractivity contribution in [3.8, 4) is 5.75 Å². The highest BCUT2D eigenvalue weighted by Gasteiger charge is 2.44. The summed E-state index contributed by atoms with van der Waals surface area (Å²) in [5.41, 5.74) is 0. The molecule has 3 nitrogen and oxygen atoms in total. The van der Waals surface area contributed by atoms with E-state index in [-0.39, 0.29) is 12.1 Å². The van der Waals surface area contributed by atoms with E-state index >= 15 is 0 Å². The van der Waals surface area contributed by atoms with Crippen LogP contribution in [0.2, 0.25) is 0 Å². The van der Waals surface area contributed by atoms with E-state index in [0.29, 0.717) is 13.0 Å². The number of hydrogen-bond donors (Lipinski definition) is 1. The molecule has 0 heterocycles. The Morgan fingerprint density at radius 1 is 1.19 bits per heavy atom. The third kappa shape index (κ3) is 3.13. The number of likely N-dealkylation sites (N-methyl/N-ethyl adjacent to an activating group) is 1. The van der Waals surface area contributed by atoms with Crippen LogP contribution >= 0.6 is 0 Å². The topological polar surface area (TPSA) is 30.5 Å². The molecule has 1 N–H and O–H groups in total. The smallest absolute Gasteiger partial charge is 0.203 e. The van der Waals surface area contributed by atoms with Gasteiger partial charge in [-0.15, -0.1) is 0 Å². The molecule has 1 saturated carbocycles. The van der Waals surface area contributed by atoms with Crippen LogP contribution in [0.15, 0.2) is 6.07 Å². The van der Waals surface area contributed by atoms with E-state index in [1.165, 1.54) is 0 Å². The van der Waals surface area contributed by atoms with E-state index in [0.717, 1.165) is 6.42 Å². The summed E-state index contributed by atoms with van der Waals surface area (Å²) < 4.78 is 64.0. The highest BCUT2D eigenvalue weighted by atomic mass is 19.2. The van der Waals surface area contributed by atoms with E-state index in [9.17, 15) is 17.6 Å². The van der Waals surface area contributed by atoms with E-state index in [2.05, 4.69) is 5.32 Å². The van der Waals surface area contributed by atoms with Crippen LogP contribution in [-0.4, -0.2) is 31.9 Å². The second-order valence-corrected chi connectivity index (χ2v) is 4.92. The van der Waals surface area contributed by atoms with Gasteiger partial charge in [-0.2, -0.15) is 8.78 Å². The van der Waals surface area contributed by atoms with Crippen molar-refractivity contribution in [2.75, 3.05) is 13.7 Å². The molecule has 0 spiro atoms. The molecule has 0 saturated heterocycles. The summed E-state index contributed by atoms with van der Waals surface area (Å²) in [5.74, 6) is -7.07. The first-order chi connectivity index (χ1) is 9.99. The SMILES string of the molecule is CCCOC1C(NC)CC1Oc1c(F)c(F)cc(F)c1F. The van der Waals surface area contributed by atoms with Crippen molar-refractivity contribution in [3.63, 3.8) is 0 Å². The van der Waals surface area contributed by atoms with Crippen LogP contribution in [-0.2, 0) is 4.74 Å². The lowest BCUT2D eigenvalue weighted by Crippen LogP contribution is -2.60. The van der Waals surface area contributed by atoms with Gasteiger partial charge in [-0.1, -0.05) is 6.92 Å². The van der Waals surface area contributed by atoms with Gasteiger partial charge in [0.25, 0.3) is 0 Å². The predicted octanol–water partition coefficient (Wildman–Crippen LogP) is 2.78. The maximum atomic E-state index is 13.6. The van der Waals surface area contributed by atoms with E-state index < -0.39 is 41.2 Å². The minimum atomic E-state index is -1.53. The lowest BCUT2D eigenvalue weighted by molar-refractivity contribution is -0.108. The Labute approximate surface area is 120 Å². The van der Waals surface area contributed by atoms with Gasteiger partial charge in [0.2, 0.25) is 11.6 Å². The van der Waals surface area contributed by atoms with Gasteiger partial charge in [0, 0.05) is 25.1 Å². The number of halogens is 4. The van der Waals surface area contributed by atoms with Gasteiger partial charge < -0.3 is 14.8 Å². The first kappa shape index (κ1) is 16.0. The molecule has 0 radical (unpaired) electrons. The molecule has 21 heavy (non-hydrogen) atoms. The van der Waals surface area contributed by atoms with Crippen molar-refractivity contribution in [1.29, 1.82) is 0 Å². The van der Waals surface area contributed by atoms with Gasteiger partial charge in [-0.3, -0.25) is 0 Å². The summed E-state index contributed by atoms with van der Waals surface area (Å²) in [4.78, 5) is 0. The average Bonchev–Trinajstić information content (AvgIpc) is 2.44. The van der Waals surface area contributed by atoms with E-state index in [4.69, 9.17) is 9.47 Å². The van der Waals surface area contributed by atoms with Gasteiger partial charge in [0.15, 0.2) is 17.4 Å². The quantitative estimate of drug-likeness (QED) is 0.647. The molecule has 1 aromatic rings. The fraction of sp³-hybridized carbons (Fsp3) is 0.571. The maximum absolute atomic E-state index is 13.6. The summed E-state index contributed by atoms with van der Waals surface area (Å²) in [5, 5.41) is 2.99. The summed E-state index contributed by atoms with van der Waals surface area (Å²) in [7, 11) is 1.73. The van der Waals surface area contributed by atoms with Crippen molar-refractivity contribution < 1.29 is 27.0 Å². The van der Waals surface area contributed by atoms with Crippen LogP contribution in [0.5, 0.6) is 5.75 Å². The molecule has 2 rings (SSSR count). The Balaban J connectivity index is 2.15. The van der Waals surface area contributed by atoms with Crippen LogP contribution < -0.4 is 10.1 Å². The largest absolute Gasteiger partial charge is 0.481 e. The van der Waals surface area contributed by atoms with E-state index in [1.54, 1.807) is 7.05 Å². The minimum absolute atomic E-state index is 0.0221. The monoisotopic (exact) mass is 307 g/mol. The Morgan fingerprint density at radius 2 is 1.81 bits per heavy atom. The summed E-state index contributed by atoms with van der Waals surface area (Å²) >= 11 is 0. The molecule has 7 heteroatoms. The second kappa shape index (κ2) is 6.62. The molecule has 1 aliphatic carbocycles. The minimum Gasteiger partial charge on any atom is -0.481 e. The van der Waals surface area contributed by atoms with Gasteiger partial charge in [0.05, 0.1) is 0 Å². The first-order valence-corrected chi connectivity index (χ1v) is 6.78. The standard InChI is InChI=1S/C14H17F4NO2/c1-3-4-20-13-9(19-2)6-10(13)21-14-11(17)7(15)5-8(16)12(14)18/h5,9-10,13,19H,3-4,6H2,1-2H3. The second-order valence-electron chi connectivity index (χ2n) is 4.92.